The van der Waals surface area contributed by atoms with Gasteiger partial charge in [-0.3, -0.25) is 4.98 Å². The average Bonchev–Trinajstić information content (AvgIpc) is 2.11. The Bertz CT molecular complexity index is 346. The van der Waals surface area contributed by atoms with Gasteiger partial charge in [-0.05, 0) is 37.1 Å². The Labute approximate surface area is 84.6 Å². The maximum Gasteiger partial charge on any atom is 0.0297 e. The van der Waals surface area contributed by atoms with Crippen molar-refractivity contribution in [3.8, 4) is 0 Å². The number of hydrogen-bond donors (Lipinski definition) is 1. The Hall–Kier alpha value is -1.02. The molecule has 0 saturated heterocycles. The largest absolute Gasteiger partial charge is 0.264 e. The van der Waals surface area contributed by atoms with Crippen molar-refractivity contribution in [1.29, 1.82) is 0 Å². The zero-order chi connectivity index (χ0) is 9.68. The number of hydrogen-bond acceptors (Lipinski definition) is 2. The zero-order valence-corrected chi connectivity index (χ0v) is 8.75. The molecule has 68 valence electrons. The van der Waals surface area contributed by atoms with Crippen LogP contribution in [0.1, 0.15) is 11.1 Å². The molecule has 1 heterocycles. The summed E-state index contributed by atoms with van der Waals surface area (Å²) in [4.78, 5) is 5.09. The highest BCUT2D eigenvalue weighted by Crippen LogP contribution is 2.07. The summed E-state index contributed by atoms with van der Waals surface area (Å²) >= 11 is 4.35. The third-order valence-corrected chi connectivity index (χ3v) is 2.21. The van der Waals surface area contributed by atoms with E-state index in [1.807, 2.05) is 44.3 Å². The van der Waals surface area contributed by atoms with Crippen molar-refractivity contribution < 1.29 is 0 Å². The van der Waals surface area contributed by atoms with Crippen molar-refractivity contribution in [3.05, 3.63) is 47.8 Å². The molecule has 0 radical (unpaired) electrons. The average molecular weight is 191 g/mol. The van der Waals surface area contributed by atoms with Gasteiger partial charge in [0, 0.05) is 17.3 Å². The first-order chi connectivity index (χ1) is 6.20. The summed E-state index contributed by atoms with van der Waals surface area (Å²) in [5, 5.41) is 0. The first-order valence-corrected chi connectivity index (χ1v) is 4.59. The monoisotopic (exact) mass is 191 g/mol. The Morgan fingerprint density at radius 3 is 2.69 bits per heavy atom. The van der Waals surface area contributed by atoms with E-state index in [0.717, 1.165) is 16.0 Å². The van der Waals surface area contributed by atoms with Crippen molar-refractivity contribution in [2.75, 3.05) is 0 Å². The van der Waals surface area contributed by atoms with Crippen LogP contribution in [0.5, 0.6) is 0 Å². The number of rotatable bonds is 0. The smallest absolute Gasteiger partial charge is 0.0297 e. The van der Waals surface area contributed by atoms with Gasteiger partial charge in [0.25, 0.3) is 0 Å². The van der Waals surface area contributed by atoms with Gasteiger partial charge in [-0.25, -0.2) is 0 Å². The van der Waals surface area contributed by atoms with Crippen molar-refractivity contribution in [2.45, 2.75) is 18.7 Å². The van der Waals surface area contributed by atoms with Gasteiger partial charge in [-0.1, -0.05) is 12.1 Å². The molecule has 0 aliphatic heterocycles. The predicted octanol–water partition coefficient (Wildman–Crippen LogP) is 3.11. The van der Waals surface area contributed by atoms with E-state index >= 15 is 0 Å². The van der Waals surface area contributed by atoms with Gasteiger partial charge in [0.1, 0.15) is 0 Å². The van der Waals surface area contributed by atoms with Gasteiger partial charge in [-0.15, -0.1) is 12.6 Å². The van der Waals surface area contributed by atoms with Crippen LogP contribution in [0.25, 0.3) is 0 Å². The van der Waals surface area contributed by atoms with Crippen LogP contribution in [0.2, 0.25) is 0 Å². The second-order valence-electron chi connectivity index (χ2n) is 2.93. The molecule has 13 heavy (non-hydrogen) atoms. The lowest BCUT2D eigenvalue weighted by Gasteiger charge is -1.90. The molecule has 0 fully saturated rings. The van der Waals surface area contributed by atoms with Gasteiger partial charge in [0.2, 0.25) is 0 Å². The second kappa shape index (κ2) is 4.87. The molecule has 0 aromatic carbocycles. The van der Waals surface area contributed by atoms with Crippen LogP contribution >= 0.6 is 12.6 Å². The van der Waals surface area contributed by atoms with E-state index in [0.29, 0.717) is 0 Å². The first kappa shape index (κ1) is 10.1. The highest BCUT2D eigenvalue weighted by molar-refractivity contribution is 7.80. The third kappa shape index (κ3) is 3.47. The van der Waals surface area contributed by atoms with Gasteiger partial charge in [0.15, 0.2) is 0 Å². The molecule has 1 aromatic rings. The van der Waals surface area contributed by atoms with E-state index in [9.17, 15) is 0 Å². The molecule has 0 atom stereocenters. The van der Waals surface area contributed by atoms with Crippen LogP contribution in [-0.4, -0.2) is 4.98 Å². The molecule has 0 N–H and O–H groups in total. The topological polar surface area (TPSA) is 12.9 Å². The molecule has 0 bridgehead atoms. The van der Waals surface area contributed by atoms with E-state index in [1.165, 1.54) is 0 Å². The number of nitrogens with zero attached hydrogens (tertiary/aromatic N) is 1. The fraction of sp³-hybridized carbons (Fsp3) is 0.182. The lowest BCUT2D eigenvalue weighted by Crippen LogP contribution is -1.72. The van der Waals surface area contributed by atoms with Crippen LogP contribution in [0.15, 0.2) is 41.6 Å². The van der Waals surface area contributed by atoms with Gasteiger partial charge in [-0.2, -0.15) is 0 Å². The number of aryl methyl sites for hydroxylation is 2. The standard InChI is InChI=1S/C11H13NS/c1-9-4-3-5-11(13)10(2)6-7-12-8-9/h3-8,13H,1-2H3. The van der Waals surface area contributed by atoms with Gasteiger partial charge in [0.05, 0.1) is 0 Å². The quantitative estimate of drug-likeness (QED) is 0.622. The second-order valence-corrected chi connectivity index (χ2v) is 3.41. The minimum Gasteiger partial charge on any atom is -0.264 e. The molecule has 1 rings (SSSR count). The minimum atomic E-state index is 0.970. The van der Waals surface area contributed by atoms with E-state index in [-0.39, 0.29) is 0 Å². The first-order valence-electron chi connectivity index (χ1n) is 4.14. The number of aromatic nitrogens is 1. The molecule has 0 unspecified atom stereocenters. The van der Waals surface area contributed by atoms with Crippen LogP contribution < -0.4 is 0 Å². The van der Waals surface area contributed by atoms with Crippen LogP contribution in [0.4, 0.5) is 0 Å². The van der Waals surface area contributed by atoms with E-state index in [4.69, 9.17) is 0 Å². The van der Waals surface area contributed by atoms with E-state index < -0.39 is 0 Å². The normalized spacial score (nSPS) is 9.15. The highest BCUT2D eigenvalue weighted by atomic mass is 32.1. The summed E-state index contributed by atoms with van der Waals surface area (Å²) in [5.41, 5.74) is 2.24. The van der Waals surface area contributed by atoms with Crippen molar-refractivity contribution in [1.82, 2.24) is 4.98 Å². The maximum atomic E-state index is 4.35. The number of thiol groups is 1. The fourth-order valence-corrected chi connectivity index (χ4v) is 1.03. The molecule has 0 spiro atoms. The Morgan fingerprint density at radius 2 is 1.92 bits per heavy atom. The van der Waals surface area contributed by atoms with Crippen LogP contribution in [0, 0.1) is 13.8 Å². The van der Waals surface area contributed by atoms with E-state index in [1.54, 1.807) is 6.20 Å². The molecule has 0 saturated carbocycles. The summed E-state index contributed by atoms with van der Waals surface area (Å²) in [6.45, 7) is 4.02. The molecule has 2 heteroatoms. The fourth-order valence-electron chi connectivity index (χ4n) is 0.866. The van der Waals surface area contributed by atoms with Crippen molar-refractivity contribution in [2.24, 2.45) is 0 Å². The molecule has 1 aromatic heterocycles. The summed E-state index contributed by atoms with van der Waals surface area (Å²) in [6.07, 6.45) is 3.61. The Morgan fingerprint density at radius 1 is 1.15 bits per heavy atom. The Balaban J connectivity index is 3.31. The molecular weight excluding hydrogens is 178 g/mol. The zero-order valence-electron chi connectivity index (χ0n) is 7.86. The summed E-state index contributed by atoms with van der Waals surface area (Å²) in [7, 11) is 0. The predicted molar refractivity (Wildman–Crippen MR) is 58.6 cm³/mol. The Kier molecular flexibility index (Phi) is 3.77. The van der Waals surface area contributed by atoms with Gasteiger partial charge < -0.3 is 0 Å². The molecule has 0 aliphatic rings. The van der Waals surface area contributed by atoms with E-state index in [2.05, 4.69) is 17.6 Å². The molecule has 1 nitrogen and oxygen atoms in total. The van der Waals surface area contributed by atoms with Gasteiger partial charge >= 0.3 is 0 Å². The lowest BCUT2D eigenvalue weighted by molar-refractivity contribution is 1.26. The van der Waals surface area contributed by atoms with Crippen molar-refractivity contribution in [3.63, 3.8) is 0 Å². The summed E-state index contributed by atoms with van der Waals surface area (Å²) in [6, 6.07) is 7.91. The summed E-state index contributed by atoms with van der Waals surface area (Å²) in [5.74, 6) is 0. The molecular formula is C11H13NS. The summed E-state index contributed by atoms with van der Waals surface area (Å²) < 4.78 is 0. The third-order valence-electron chi connectivity index (χ3n) is 1.71. The SMILES string of the molecule is Cc1cccc(S)c(C)ccnc1. The van der Waals surface area contributed by atoms with Crippen LogP contribution in [0.3, 0.4) is 0 Å². The molecule has 0 aliphatic carbocycles. The highest BCUT2D eigenvalue weighted by Gasteiger charge is 1.84. The lowest BCUT2D eigenvalue weighted by atomic mass is 10.3. The maximum absolute atomic E-state index is 4.35. The molecule has 0 amide bonds. The van der Waals surface area contributed by atoms with Crippen molar-refractivity contribution >= 4 is 12.6 Å². The van der Waals surface area contributed by atoms with Crippen LogP contribution in [-0.2, 0) is 0 Å². The minimum absolute atomic E-state index is 0.970.